The van der Waals surface area contributed by atoms with E-state index in [0.29, 0.717) is 11.7 Å². The third-order valence-corrected chi connectivity index (χ3v) is 7.02. The molecule has 180 valence electrons. The molecular formula is C26H30N2O5S. The number of carbonyl (C=O) groups is 1. The van der Waals surface area contributed by atoms with Crippen molar-refractivity contribution in [1.82, 2.24) is 9.29 Å². The molecule has 0 aliphatic rings. The molecule has 0 aliphatic heterocycles. The van der Waals surface area contributed by atoms with Crippen LogP contribution >= 0.6 is 0 Å². The Kier molecular flexibility index (Phi) is 8.02. The van der Waals surface area contributed by atoms with Gasteiger partial charge in [-0.05, 0) is 55.7 Å². The number of para-hydroxylation sites is 1. The molecule has 8 heteroatoms. The first-order valence-corrected chi connectivity index (χ1v) is 12.6. The van der Waals surface area contributed by atoms with E-state index in [1.54, 1.807) is 6.92 Å². The minimum atomic E-state index is -4.07. The number of ether oxygens (including phenoxy) is 1. The van der Waals surface area contributed by atoms with Crippen molar-refractivity contribution in [2.45, 2.75) is 51.6 Å². The molecule has 0 saturated heterocycles. The standard InChI is InChI=1S/C26H30N2O5S/c1-5-6-15-33-20-11-13-21(14-12-20)34(31,32)27-24(26(29)30)16-23-19(4)28(17-18(2)3)25-10-8-7-9-22(23)25/h7-14,18,24,27H,15-17H2,1-4H3,(H,29,30)/t24-/m0/s1. The summed E-state index contributed by atoms with van der Waals surface area (Å²) in [6, 6.07) is 12.3. The Hall–Kier alpha value is -3.28. The molecule has 1 aromatic heterocycles. The van der Waals surface area contributed by atoms with Gasteiger partial charge in [-0.1, -0.05) is 38.0 Å². The zero-order valence-corrected chi connectivity index (χ0v) is 20.6. The van der Waals surface area contributed by atoms with Gasteiger partial charge in [0.25, 0.3) is 0 Å². The van der Waals surface area contributed by atoms with E-state index in [-0.39, 0.29) is 17.9 Å². The van der Waals surface area contributed by atoms with Crippen molar-refractivity contribution in [3.05, 3.63) is 59.8 Å². The maximum Gasteiger partial charge on any atom is 0.322 e. The van der Waals surface area contributed by atoms with E-state index in [2.05, 4.69) is 35.0 Å². The van der Waals surface area contributed by atoms with Gasteiger partial charge in [0.2, 0.25) is 10.0 Å². The van der Waals surface area contributed by atoms with Gasteiger partial charge in [0, 0.05) is 29.6 Å². The van der Waals surface area contributed by atoms with E-state index < -0.39 is 22.0 Å². The van der Waals surface area contributed by atoms with Crippen molar-refractivity contribution in [3.8, 4) is 17.6 Å². The molecule has 3 aromatic rings. The molecule has 0 spiro atoms. The summed E-state index contributed by atoms with van der Waals surface area (Å²) >= 11 is 0. The maximum absolute atomic E-state index is 13.0. The number of rotatable bonds is 10. The number of benzene rings is 2. The Balaban J connectivity index is 1.88. The van der Waals surface area contributed by atoms with Gasteiger partial charge in [-0.15, -0.1) is 5.92 Å². The summed E-state index contributed by atoms with van der Waals surface area (Å²) in [6.45, 7) is 8.88. The average molecular weight is 483 g/mol. The van der Waals surface area contributed by atoms with Crippen LogP contribution in [0.5, 0.6) is 5.75 Å². The Morgan fingerprint density at radius 1 is 1.15 bits per heavy atom. The molecule has 0 fully saturated rings. The number of carboxylic acids is 1. The summed E-state index contributed by atoms with van der Waals surface area (Å²) in [4.78, 5) is 12.0. The lowest BCUT2D eigenvalue weighted by molar-refractivity contribution is -0.138. The van der Waals surface area contributed by atoms with E-state index in [9.17, 15) is 18.3 Å². The number of hydrogen-bond acceptors (Lipinski definition) is 4. The molecule has 0 saturated carbocycles. The Morgan fingerprint density at radius 2 is 1.82 bits per heavy atom. The Morgan fingerprint density at radius 3 is 2.44 bits per heavy atom. The minimum Gasteiger partial charge on any atom is -0.481 e. The van der Waals surface area contributed by atoms with Crippen LogP contribution in [0.4, 0.5) is 0 Å². The van der Waals surface area contributed by atoms with Crippen LogP contribution in [0.25, 0.3) is 10.9 Å². The molecule has 0 aliphatic carbocycles. The van der Waals surface area contributed by atoms with Crippen molar-refractivity contribution in [3.63, 3.8) is 0 Å². The summed E-state index contributed by atoms with van der Waals surface area (Å²) in [6.07, 6.45) is 0.0306. The molecule has 0 bridgehead atoms. The van der Waals surface area contributed by atoms with E-state index in [0.717, 1.165) is 28.7 Å². The van der Waals surface area contributed by atoms with Gasteiger partial charge in [-0.3, -0.25) is 4.79 Å². The molecule has 7 nitrogen and oxygen atoms in total. The Bertz CT molecular complexity index is 1330. The van der Waals surface area contributed by atoms with Crippen LogP contribution in [0.3, 0.4) is 0 Å². The van der Waals surface area contributed by atoms with Crippen molar-refractivity contribution >= 4 is 26.9 Å². The van der Waals surface area contributed by atoms with E-state index in [4.69, 9.17) is 4.74 Å². The lowest BCUT2D eigenvalue weighted by Gasteiger charge is -2.16. The first-order valence-electron chi connectivity index (χ1n) is 11.1. The fraction of sp³-hybridized carbons (Fsp3) is 0.346. The summed E-state index contributed by atoms with van der Waals surface area (Å²) in [7, 11) is -4.07. The minimum absolute atomic E-state index is 0.0306. The molecule has 1 atom stereocenters. The highest BCUT2D eigenvalue weighted by atomic mass is 32.2. The third-order valence-electron chi connectivity index (χ3n) is 5.53. The second kappa shape index (κ2) is 10.8. The largest absolute Gasteiger partial charge is 0.481 e. The van der Waals surface area contributed by atoms with Gasteiger partial charge in [-0.25, -0.2) is 8.42 Å². The molecule has 0 unspecified atom stereocenters. The summed E-state index contributed by atoms with van der Waals surface area (Å²) in [5.74, 6) is 5.12. The zero-order valence-electron chi connectivity index (χ0n) is 19.8. The second-order valence-corrected chi connectivity index (χ2v) is 10.2. The fourth-order valence-electron chi connectivity index (χ4n) is 3.91. The summed E-state index contributed by atoms with van der Waals surface area (Å²) in [5.41, 5.74) is 2.78. The van der Waals surface area contributed by atoms with Crippen LogP contribution in [0.2, 0.25) is 0 Å². The molecule has 2 N–H and O–H groups in total. The highest BCUT2D eigenvalue weighted by Crippen LogP contribution is 2.28. The first kappa shape index (κ1) is 25.3. The second-order valence-electron chi connectivity index (χ2n) is 8.49. The normalized spacial score (nSPS) is 12.4. The molecule has 1 heterocycles. The van der Waals surface area contributed by atoms with E-state index in [1.165, 1.54) is 24.3 Å². The SMILES string of the molecule is CC#CCOc1ccc(S(=O)(=O)N[C@@H](Cc2c(C)n(CC(C)C)c3ccccc23)C(=O)O)cc1. The predicted molar refractivity (Wildman–Crippen MR) is 132 cm³/mol. The van der Waals surface area contributed by atoms with Crippen LogP contribution in [0.1, 0.15) is 32.0 Å². The third kappa shape index (κ3) is 5.79. The van der Waals surface area contributed by atoms with Gasteiger partial charge in [0.05, 0.1) is 4.90 Å². The predicted octanol–water partition coefficient (Wildman–Crippen LogP) is 3.98. The number of nitrogens with one attached hydrogen (secondary N) is 1. The van der Waals surface area contributed by atoms with Crippen LogP contribution < -0.4 is 9.46 Å². The van der Waals surface area contributed by atoms with Crippen LogP contribution in [-0.4, -0.2) is 36.7 Å². The van der Waals surface area contributed by atoms with Gasteiger partial charge in [0.15, 0.2) is 0 Å². The van der Waals surface area contributed by atoms with Crippen molar-refractivity contribution < 1.29 is 23.1 Å². The van der Waals surface area contributed by atoms with Crippen molar-refractivity contribution in [2.24, 2.45) is 5.92 Å². The zero-order chi connectivity index (χ0) is 24.9. The molecular weight excluding hydrogens is 452 g/mol. The van der Waals surface area contributed by atoms with Crippen LogP contribution in [0.15, 0.2) is 53.4 Å². The number of nitrogens with zero attached hydrogens (tertiary/aromatic N) is 1. The molecule has 0 radical (unpaired) electrons. The lowest BCUT2D eigenvalue weighted by atomic mass is 10.0. The molecule has 2 aromatic carbocycles. The monoisotopic (exact) mass is 482 g/mol. The van der Waals surface area contributed by atoms with Crippen LogP contribution in [0, 0.1) is 24.7 Å². The highest BCUT2D eigenvalue weighted by Gasteiger charge is 2.28. The maximum atomic E-state index is 13.0. The van der Waals surface area contributed by atoms with Gasteiger partial charge in [0.1, 0.15) is 18.4 Å². The summed E-state index contributed by atoms with van der Waals surface area (Å²) in [5, 5.41) is 10.8. The average Bonchev–Trinajstić information content (AvgIpc) is 3.04. The first-order chi connectivity index (χ1) is 16.1. The molecule has 34 heavy (non-hydrogen) atoms. The number of hydrogen-bond donors (Lipinski definition) is 2. The highest BCUT2D eigenvalue weighted by molar-refractivity contribution is 7.89. The lowest BCUT2D eigenvalue weighted by Crippen LogP contribution is -2.42. The molecule has 0 amide bonds. The quantitative estimate of drug-likeness (QED) is 0.426. The molecule has 3 rings (SSSR count). The smallest absolute Gasteiger partial charge is 0.322 e. The number of aliphatic carboxylic acids is 1. The number of aromatic nitrogens is 1. The van der Waals surface area contributed by atoms with Crippen LogP contribution in [-0.2, 0) is 27.8 Å². The topological polar surface area (TPSA) is 97.6 Å². The van der Waals surface area contributed by atoms with E-state index >= 15 is 0 Å². The van der Waals surface area contributed by atoms with Crippen molar-refractivity contribution in [1.29, 1.82) is 0 Å². The Labute approximate surface area is 200 Å². The fourth-order valence-corrected chi connectivity index (χ4v) is 5.10. The van der Waals surface area contributed by atoms with Gasteiger partial charge >= 0.3 is 5.97 Å². The van der Waals surface area contributed by atoms with E-state index in [1.807, 2.05) is 31.2 Å². The van der Waals surface area contributed by atoms with Gasteiger partial charge < -0.3 is 14.4 Å². The summed E-state index contributed by atoms with van der Waals surface area (Å²) < 4.78 is 35.9. The number of fused-ring (bicyclic) bond motifs is 1. The number of carboxylic acid groups (broad SMARTS) is 1. The number of sulfonamides is 1. The van der Waals surface area contributed by atoms with Gasteiger partial charge in [-0.2, -0.15) is 4.72 Å². The van der Waals surface area contributed by atoms with Crippen molar-refractivity contribution in [2.75, 3.05) is 6.61 Å².